The van der Waals surface area contributed by atoms with E-state index in [2.05, 4.69) is 5.32 Å². The summed E-state index contributed by atoms with van der Waals surface area (Å²) in [6, 6.07) is 8.91. The molecular weight excluding hydrogens is 307 g/mol. The molecule has 1 aliphatic heterocycles. The van der Waals surface area contributed by atoms with Crippen LogP contribution in [0, 0.1) is 0 Å². The molecule has 19 heavy (non-hydrogen) atoms. The second-order valence-electron chi connectivity index (χ2n) is 4.53. The molecule has 0 spiro atoms. The fraction of sp³-hybridized carbons (Fsp3) is 0.462. The zero-order chi connectivity index (χ0) is 13.9. The molecule has 0 aromatic heterocycles. The van der Waals surface area contributed by atoms with Gasteiger partial charge in [0, 0.05) is 18.7 Å². The summed E-state index contributed by atoms with van der Waals surface area (Å²) in [5, 5.41) is 2.81. The van der Waals surface area contributed by atoms with E-state index in [0.717, 1.165) is 25.9 Å². The third-order valence-corrected chi connectivity index (χ3v) is 3.74. The third-order valence-electron chi connectivity index (χ3n) is 3.12. The molecule has 1 aliphatic rings. The van der Waals surface area contributed by atoms with Crippen LogP contribution in [0.15, 0.2) is 30.3 Å². The molecule has 1 aromatic carbocycles. The summed E-state index contributed by atoms with van der Waals surface area (Å²) in [6.45, 7) is 1.65. The van der Waals surface area contributed by atoms with Gasteiger partial charge in [0.25, 0.3) is 5.91 Å². The van der Waals surface area contributed by atoms with Crippen LogP contribution in [-0.4, -0.2) is 33.9 Å². The standard InChI is InChI=1S/C13H15Cl3N2O/c14-13(15,16)12(18-8-4-5-9-18)17-11(19)10-6-2-1-3-7-10/h1-3,6-7,12H,4-5,8-9H2,(H,17,19)/t12-/m0/s1. The number of carbonyl (C=O) groups excluding carboxylic acids is 1. The maximum absolute atomic E-state index is 12.1. The minimum atomic E-state index is -1.55. The molecule has 0 aliphatic carbocycles. The van der Waals surface area contributed by atoms with E-state index in [0.29, 0.717) is 5.56 Å². The summed E-state index contributed by atoms with van der Waals surface area (Å²) < 4.78 is -1.55. The van der Waals surface area contributed by atoms with Gasteiger partial charge in [-0.2, -0.15) is 0 Å². The Balaban J connectivity index is 2.10. The highest BCUT2D eigenvalue weighted by Gasteiger charge is 2.39. The first-order valence-electron chi connectivity index (χ1n) is 6.15. The number of halogens is 3. The average molecular weight is 322 g/mol. The van der Waals surface area contributed by atoms with Crippen molar-refractivity contribution in [1.29, 1.82) is 0 Å². The Kier molecular flexibility index (Phi) is 4.96. The van der Waals surface area contributed by atoms with Crippen LogP contribution in [0.5, 0.6) is 0 Å². The van der Waals surface area contributed by atoms with Crippen molar-refractivity contribution in [3.05, 3.63) is 35.9 Å². The van der Waals surface area contributed by atoms with E-state index in [1.54, 1.807) is 24.3 Å². The number of amides is 1. The number of nitrogens with zero attached hydrogens (tertiary/aromatic N) is 1. The Morgan fingerprint density at radius 3 is 2.26 bits per heavy atom. The molecular formula is C13H15Cl3N2O. The monoisotopic (exact) mass is 320 g/mol. The second-order valence-corrected chi connectivity index (χ2v) is 6.90. The van der Waals surface area contributed by atoms with Crippen LogP contribution >= 0.6 is 34.8 Å². The molecule has 0 unspecified atom stereocenters. The van der Waals surface area contributed by atoms with E-state index in [9.17, 15) is 4.79 Å². The first kappa shape index (κ1) is 14.9. The Labute approximate surface area is 127 Å². The maximum Gasteiger partial charge on any atom is 0.252 e. The molecule has 1 aromatic rings. The first-order valence-corrected chi connectivity index (χ1v) is 7.28. The molecule has 1 atom stereocenters. The van der Waals surface area contributed by atoms with Gasteiger partial charge >= 0.3 is 0 Å². The number of hydrogen-bond acceptors (Lipinski definition) is 2. The minimum Gasteiger partial charge on any atom is -0.332 e. The van der Waals surface area contributed by atoms with Crippen molar-refractivity contribution in [3.63, 3.8) is 0 Å². The van der Waals surface area contributed by atoms with Gasteiger partial charge in [-0.1, -0.05) is 53.0 Å². The Bertz CT molecular complexity index is 427. The fourth-order valence-electron chi connectivity index (χ4n) is 2.18. The number of rotatable bonds is 3. The van der Waals surface area contributed by atoms with Gasteiger partial charge in [-0.05, 0) is 25.0 Å². The van der Waals surface area contributed by atoms with Crippen molar-refractivity contribution in [2.75, 3.05) is 13.1 Å². The molecule has 104 valence electrons. The van der Waals surface area contributed by atoms with Gasteiger partial charge in [0.05, 0.1) is 0 Å². The number of likely N-dealkylation sites (tertiary alicyclic amines) is 1. The summed E-state index contributed by atoms with van der Waals surface area (Å²) in [4.78, 5) is 14.1. The van der Waals surface area contributed by atoms with Gasteiger partial charge in [-0.3, -0.25) is 9.69 Å². The molecule has 0 saturated carbocycles. The normalized spacial score (nSPS) is 18.3. The smallest absolute Gasteiger partial charge is 0.252 e. The Hall–Kier alpha value is -0.480. The molecule has 3 nitrogen and oxygen atoms in total. The third kappa shape index (κ3) is 3.99. The van der Waals surface area contributed by atoms with E-state index in [-0.39, 0.29) is 5.91 Å². The average Bonchev–Trinajstić information content (AvgIpc) is 2.88. The van der Waals surface area contributed by atoms with Gasteiger partial charge < -0.3 is 5.32 Å². The lowest BCUT2D eigenvalue weighted by Crippen LogP contribution is -2.54. The second kappa shape index (κ2) is 6.31. The summed E-state index contributed by atoms with van der Waals surface area (Å²) in [7, 11) is 0. The van der Waals surface area contributed by atoms with Crippen molar-refractivity contribution in [2.45, 2.75) is 22.8 Å². The van der Waals surface area contributed by atoms with Crippen LogP contribution in [0.2, 0.25) is 0 Å². The highest BCUT2D eigenvalue weighted by Crippen LogP contribution is 2.33. The van der Waals surface area contributed by atoms with Gasteiger partial charge in [0.1, 0.15) is 6.17 Å². The van der Waals surface area contributed by atoms with Crippen LogP contribution < -0.4 is 5.32 Å². The number of benzene rings is 1. The van der Waals surface area contributed by atoms with Gasteiger partial charge in [-0.15, -0.1) is 0 Å². The largest absolute Gasteiger partial charge is 0.332 e. The van der Waals surface area contributed by atoms with E-state index >= 15 is 0 Å². The predicted octanol–water partition coefficient (Wildman–Crippen LogP) is 3.21. The van der Waals surface area contributed by atoms with Crippen molar-refractivity contribution in [1.82, 2.24) is 10.2 Å². The van der Waals surface area contributed by atoms with Crippen molar-refractivity contribution >= 4 is 40.7 Å². The van der Waals surface area contributed by atoms with Gasteiger partial charge in [-0.25, -0.2) is 0 Å². The zero-order valence-corrected chi connectivity index (χ0v) is 12.5. The van der Waals surface area contributed by atoms with E-state index in [1.165, 1.54) is 0 Å². The Morgan fingerprint density at radius 1 is 1.16 bits per heavy atom. The lowest BCUT2D eigenvalue weighted by Gasteiger charge is -2.33. The number of carbonyl (C=O) groups is 1. The summed E-state index contributed by atoms with van der Waals surface area (Å²) in [5.74, 6) is -0.233. The lowest BCUT2D eigenvalue weighted by molar-refractivity contribution is 0.0874. The van der Waals surface area contributed by atoms with Gasteiger partial charge in [0.15, 0.2) is 0 Å². The number of nitrogens with one attached hydrogen (secondary N) is 1. The molecule has 0 radical (unpaired) electrons. The molecule has 1 saturated heterocycles. The van der Waals surface area contributed by atoms with Gasteiger partial charge in [0.2, 0.25) is 3.79 Å². The maximum atomic E-state index is 12.1. The molecule has 0 bridgehead atoms. The summed E-state index contributed by atoms with van der Waals surface area (Å²) in [6.07, 6.45) is 1.50. The SMILES string of the molecule is O=C(N[C@@H](N1CCCC1)C(Cl)(Cl)Cl)c1ccccc1. The Morgan fingerprint density at radius 2 is 1.74 bits per heavy atom. The van der Waals surface area contributed by atoms with Crippen LogP contribution in [0.25, 0.3) is 0 Å². The highest BCUT2D eigenvalue weighted by molar-refractivity contribution is 6.68. The van der Waals surface area contributed by atoms with E-state index in [1.807, 2.05) is 11.0 Å². The van der Waals surface area contributed by atoms with Crippen molar-refractivity contribution in [2.24, 2.45) is 0 Å². The van der Waals surface area contributed by atoms with Crippen molar-refractivity contribution < 1.29 is 4.79 Å². The molecule has 1 N–H and O–H groups in total. The summed E-state index contributed by atoms with van der Waals surface area (Å²) in [5.41, 5.74) is 0.556. The topological polar surface area (TPSA) is 32.3 Å². The predicted molar refractivity (Wildman–Crippen MR) is 78.8 cm³/mol. The van der Waals surface area contributed by atoms with Crippen LogP contribution in [0.3, 0.4) is 0 Å². The van der Waals surface area contributed by atoms with E-state index in [4.69, 9.17) is 34.8 Å². The fourth-order valence-corrected chi connectivity index (χ4v) is 2.75. The first-order chi connectivity index (χ1) is 8.98. The summed E-state index contributed by atoms with van der Waals surface area (Å²) >= 11 is 18.0. The number of hydrogen-bond donors (Lipinski definition) is 1. The molecule has 1 heterocycles. The highest BCUT2D eigenvalue weighted by atomic mass is 35.6. The quantitative estimate of drug-likeness (QED) is 0.867. The van der Waals surface area contributed by atoms with Crippen molar-refractivity contribution in [3.8, 4) is 0 Å². The zero-order valence-electron chi connectivity index (χ0n) is 10.3. The van der Waals surface area contributed by atoms with Crippen LogP contribution in [-0.2, 0) is 0 Å². The lowest BCUT2D eigenvalue weighted by atomic mass is 10.2. The van der Waals surface area contributed by atoms with Crippen LogP contribution in [0.1, 0.15) is 23.2 Å². The molecule has 1 fully saturated rings. The van der Waals surface area contributed by atoms with Crippen LogP contribution in [0.4, 0.5) is 0 Å². The van der Waals surface area contributed by atoms with E-state index < -0.39 is 9.96 Å². The molecule has 1 amide bonds. The molecule has 6 heteroatoms. The number of alkyl halides is 3. The minimum absolute atomic E-state index is 0.233. The molecule has 2 rings (SSSR count).